The molecule has 1 fully saturated rings. The summed E-state index contributed by atoms with van der Waals surface area (Å²) < 4.78 is 34.4. The summed E-state index contributed by atoms with van der Waals surface area (Å²) in [6.45, 7) is -2.11. The molecule has 0 amide bonds. The summed E-state index contributed by atoms with van der Waals surface area (Å²) in [7, 11) is 0. The van der Waals surface area contributed by atoms with Crippen LogP contribution >= 0.6 is 0 Å². The molecular weight excluding hydrogens is 292 g/mol. The van der Waals surface area contributed by atoms with E-state index in [9.17, 15) is 13.6 Å². The van der Waals surface area contributed by atoms with E-state index < -0.39 is 12.2 Å². The maximum Gasteiger partial charge on any atom is 0.345 e. The summed E-state index contributed by atoms with van der Waals surface area (Å²) in [5, 5.41) is 0.811. The first kappa shape index (κ1) is 15.0. The van der Waals surface area contributed by atoms with Gasteiger partial charge in [0.25, 0.3) is 0 Å². The lowest BCUT2D eigenvalue weighted by Crippen LogP contribution is -2.43. The molecule has 0 saturated carbocycles. The maximum atomic E-state index is 12.3. The Bertz CT molecular complexity index is 701. The van der Waals surface area contributed by atoms with Gasteiger partial charge in [-0.15, -0.1) is 0 Å². The number of ether oxygens (including phenoxy) is 1. The SMILES string of the molecule is O=c1cc(N2CCCCC2COC(F)F)c2ccccc2o1. The molecule has 1 aromatic carbocycles. The first-order valence-electron chi connectivity index (χ1n) is 7.34. The number of rotatable bonds is 4. The first-order valence-corrected chi connectivity index (χ1v) is 7.34. The van der Waals surface area contributed by atoms with E-state index >= 15 is 0 Å². The van der Waals surface area contributed by atoms with Gasteiger partial charge >= 0.3 is 12.2 Å². The smallest absolute Gasteiger partial charge is 0.345 e. The molecule has 0 radical (unpaired) electrons. The number of fused-ring (bicyclic) bond motifs is 1. The molecule has 2 heterocycles. The van der Waals surface area contributed by atoms with E-state index in [4.69, 9.17) is 4.42 Å². The summed E-state index contributed by atoms with van der Waals surface area (Å²) in [5.74, 6) is 0. The zero-order chi connectivity index (χ0) is 15.5. The molecular formula is C16H17F2NO3. The minimum Gasteiger partial charge on any atom is -0.423 e. The minimum absolute atomic E-state index is 0.0494. The van der Waals surface area contributed by atoms with Crippen LogP contribution in [0, 0.1) is 0 Å². The van der Waals surface area contributed by atoms with E-state index in [1.54, 1.807) is 12.1 Å². The molecule has 1 aliphatic heterocycles. The van der Waals surface area contributed by atoms with Crippen LogP contribution < -0.4 is 10.5 Å². The number of alkyl halides is 2. The standard InChI is InChI=1S/C16H17F2NO3/c17-16(18)21-10-11-5-3-4-8-19(11)13-9-15(20)22-14-7-2-1-6-12(13)14/h1-2,6-7,9,11,16H,3-5,8,10H2. The number of nitrogens with zero attached hydrogens (tertiary/aromatic N) is 1. The first-order chi connectivity index (χ1) is 10.6. The zero-order valence-electron chi connectivity index (χ0n) is 12.0. The van der Waals surface area contributed by atoms with E-state index in [1.165, 1.54) is 6.07 Å². The number of hydrogen-bond acceptors (Lipinski definition) is 4. The lowest BCUT2D eigenvalue weighted by molar-refractivity contribution is -0.133. The van der Waals surface area contributed by atoms with Crippen LogP contribution in [0.15, 0.2) is 39.5 Å². The minimum atomic E-state index is -2.78. The van der Waals surface area contributed by atoms with Crippen LogP contribution in [0.3, 0.4) is 0 Å². The van der Waals surface area contributed by atoms with Gasteiger partial charge in [-0.2, -0.15) is 8.78 Å². The van der Waals surface area contributed by atoms with Crippen LogP contribution in [-0.4, -0.2) is 25.8 Å². The Balaban J connectivity index is 1.98. The van der Waals surface area contributed by atoms with Gasteiger partial charge in [0.1, 0.15) is 5.58 Å². The third kappa shape index (κ3) is 3.11. The average molecular weight is 309 g/mol. The molecule has 6 heteroatoms. The zero-order valence-corrected chi connectivity index (χ0v) is 12.0. The molecule has 3 rings (SSSR count). The van der Waals surface area contributed by atoms with Crippen molar-refractivity contribution >= 4 is 16.7 Å². The second kappa shape index (κ2) is 6.44. The quantitative estimate of drug-likeness (QED) is 0.812. The number of piperidine rings is 1. The Hall–Kier alpha value is -1.95. The fourth-order valence-electron chi connectivity index (χ4n) is 3.01. The molecule has 1 saturated heterocycles. The van der Waals surface area contributed by atoms with Crippen molar-refractivity contribution in [3.05, 3.63) is 40.8 Å². The predicted octanol–water partition coefficient (Wildman–Crippen LogP) is 3.39. The van der Waals surface area contributed by atoms with Crippen LogP contribution in [0.2, 0.25) is 0 Å². The van der Waals surface area contributed by atoms with E-state index in [-0.39, 0.29) is 12.6 Å². The number of hydrogen-bond donors (Lipinski definition) is 0. The topological polar surface area (TPSA) is 42.7 Å². The Morgan fingerprint density at radius 1 is 1.32 bits per heavy atom. The van der Waals surface area contributed by atoms with Crippen LogP contribution in [0.4, 0.5) is 14.5 Å². The molecule has 118 valence electrons. The third-order valence-corrected chi connectivity index (χ3v) is 3.98. The Morgan fingerprint density at radius 2 is 2.14 bits per heavy atom. The molecule has 0 bridgehead atoms. The highest BCUT2D eigenvalue weighted by molar-refractivity contribution is 5.90. The van der Waals surface area contributed by atoms with Gasteiger partial charge < -0.3 is 14.1 Å². The summed E-state index contributed by atoms with van der Waals surface area (Å²) in [6.07, 6.45) is 2.69. The normalized spacial score (nSPS) is 19.0. The summed E-state index contributed by atoms with van der Waals surface area (Å²) >= 11 is 0. The largest absolute Gasteiger partial charge is 0.423 e. The number of halogens is 2. The highest BCUT2D eigenvalue weighted by atomic mass is 19.3. The third-order valence-electron chi connectivity index (χ3n) is 3.98. The Labute approximate surface area is 126 Å². The van der Waals surface area contributed by atoms with E-state index in [2.05, 4.69) is 4.74 Å². The summed E-state index contributed by atoms with van der Waals surface area (Å²) in [6, 6.07) is 8.53. The molecule has 22 heavy (non-hydrogen) atoms. The molecule has 1 atom stereocenters. The van der Waals surface area contributed by atoms with Gasteiger partial charge in [-0.3, -0.25) is 0 Å². The van der Waals surface area contributed by atoms with Crippen LogP contribution in [0.25, 0.3) is 11.0 Å². The summed E-state index contributed by atoms with van der Waals surface area (Å²) in [4.78, 5) is 13.8. The number of benzene rings is 1. The van der Waals surface area contributed by atoms with Gasteiger partial charge in [0.05, 0.1) is 18.3 Å². The Morgan fingerprint density at radius 3 is 2.95 bits per heavy atom. The van der Waals surface area contributed by atoms with Gasteiger partial charge in [-0.25, -0.2) is 4.79 Å². The Kier molecular flexibility index (Phi) is 4.38. The van der Waals surface area contributed by atoms with Gasteiger partial charge in [0.2, 0.25) is 0 Å². The maximum absolute atomic E-state index is 12.3. The molecule has 0 spiro atoms. The lowest BCUT2D eigenvalue weighted by Gasteiger charge is -2.37. The van der Waals surface area contributed by atoms with E-state index in [0.717, 1.165) is 30.3 Å². The van der Waals surface area contributed by atoms with Crippen LogP contribution in [0.5, 0.6) is 0 Å². The van der Waals surface area contributed by atoms with Crippen molar-refractivity contribution in [1.29, 1.82) is 0 Å². The van der Waals surface area contributed by atoms with Crippen molar-refractivity contribution < 1.29 is 17.9 Å². The fourth-order valence-corrected chi connectivity index (χ4v) is 3.01. The second-order valence-electron chi connectivity index (χ2n) is 5.38. The monoisotopic (exact) mass is 309 g/mol. The van der Waals surface area contributed by atoms with Crippen molar-refractivity contribution in [2.45, 2.75) is 31.9 Å². The molecule has 0 N–H and O–H groups in total. The highest BCUT2D eigenvalue weighted by Gasteiger charge is 2.26. The highest BCUT2D eigenvalue weighted by Crippen LogP contribution is 2.30. The van der Waals surface area contributed by atoms with Gasteiger partial charge in [0, 0.05) is 18.0 Å². The van der Waals surface area contributed by atoms with Crippen LogP contribution in [0.1, 0.15) is 19.3 Å². The summed E-state index contributed by atoms with van der Waals surface area (Å²) in [5.41, 5.74) is 0.798. The molecule has 4 nitrogen and oxygen atoms in total. The molecule has 1 unspecified atom stereocenters. The van der Waals surface area contributed by atoms with E-state index in [1.807, 2.05) is 17.0 Å². The van der Waals surface area contributed by atoms with Gasteiger partial charge in [0.15, 0.2) is 0 Å². The van der Waals surface area contributed by atoms with Crippen molar-refractivity contribution in [1.82, 2.24) is 0 Å². The van der Waals surface area contributed by atoms with Crippen molar-refractivity contribution in [2.75, 3.05) is 18.1 Å². The lowest BCUT2D eigenvalue weighted by atomic mass is 10.0. The van der Waals surface area contributed by atoms with Gasteiger partial charge in [-0.1, -0.05) is 12.1 Å². The second-order valence-corrected chi connectivity index (χ2v) is 5.38. The molecule has 0 aliphatic carbocycles. The number of para-hydroxylation sites is 1. The molecule has 1 aromatic heterocycles. The fraction of sp³-hybridized carbons (Fsp3) is 0.438. The van der Waals surface area contributed by atoms with Crippen molar-refractivity contribution in [2.24, 2.45) is 0 Å². The van der Waals surface area contributed by atoms with Crippen LogP contribution in [-0.2, 0) is 4.74 Å². The predicted molar refractivity (Wildman–Crippen MR) is 79.4 cm³/mol. The molecule has 2 aromatic rings. The van der Waals surface area contributed by atoms with Crippen molar-refractivity contribution in [3.63, 3.8) is 0 Å². The van der Waals surface area contributed by atoms with E-state index in [0.29, 0.717) is 12.1 Å². The van der Waals surface area contributed by atoms with Crippen molar-refractivity contribution in [3.8, 4) is 0 Å². The van der Waals surface area contributed by atoms with Gasteiger partial charge in [-0.05, 0) is 31.4 Å². The number of anilines is 1. The average Bonchev–Trinajstić information content (AvgIpc) is 2.52. The molecule has 1 aliphatic rings.